The van der Waals surface area contributed by atoms with Crippen LogP contribution in [0.1, 0.15) is 32.6 Å². The van der Waals surface area contributed by atoms with Crippen LogP contribution in [0.15, 0.2) is 24.4 Å². The van der Waals surface area contributed by atoms with Crippen molar-refractivity contribution in [3.05, 3.63) is 51.5 Å². The van der Waals surface area contributed by atoms with Crippen LogP contribution in [0.2, 0.25) is 0 Å². The molecule has 0 aliphatic carbocycles. The van der Waals surface area contributed by atoms with Gasteiger partial charge in [0.05, 0.1) is 11.2 Å². The van der Waals surface area contributed by atoms with E-state index >= 15 is 0 Å². The van der Waals surface area contributed by atoms with E-state index in [0.29, 0.717) is 17.0 Å². The average Bonchev–Trinajstić information content (AvgIpc) is 2.97. The van der Waals surface area contributed by atoms with Crippen LogP contribution in [0.4, 0.5) is 8.78 Å². The molecular formula is C16H18ClF2N3OS. The van der Waals surface area contributed by atoms with Gasteiger partial charge in [0.2, 0.25) is 0 Å². The minimum Gasteiger partial charge on any atom is -0.347 e. The molecule has 1 aliphatic heterocycles. The molecule has 2 atom stereocenters. The van der Waals surface area contributed by atoms with Crippen LogP contribution in [-0.4, -0.2) is 30.0 Å². The Kier molecular flexibility index (Phi) is 6.26. The molecule has 130 valence electrons. The third-order valence-electron chi connectivity index (χ3n) is 4.02. The number of piperidine rings is 1. The highest BCUT2D eigenvalue weighted by atomic mass is 35.5. The highest BCUT2D eigenvalue weighted by Crippen LogP contribution is 2.27. The quantitative estimate of drug-likeness (QED) is 0.869. The summed E-state index contributed by atoms with van der Waals surface area (Å²) in [5.41, 5.74) is 0.705. The van der Waals surface area contributed by atoms with E-state index < -0.39 is 11.6 Å². The fourth-order valence-electron chi connectivity index (χ4n) is 2.86. The van der Waals surface area contributed by atoms with Crippen molar-refractivity contribution in [2.24, 2.45) is 0 Å². The van der Waals surface area contributed by atoms with Crippen LogP contribution in [0, 0.1) is 18.6 Å². The van der Waals surface area contributed by atoms with E-state index in [1.165, 1.54) is 17.4 Å². The molecular weight excluding hydrogens is 356 g/mol. The van der Waals surface area contributed by atoms with E-state index in [-0.39, 0.29) is 30.3 Å². The van der Waals surface area contributed by atoms with Crippen LogP contribution in [0.25, 0.3) is 0 Å². The van der Waals surface area contributed by atoms with Gasteiger partial charge in [-0.25, -0.2) is 13.8 Å². The number of aryl methyl sites for hydroxylation is 1. The number of benzene rings is 1. The summed E-state index contributed by atoms with van der Waals surface area (Å²) >= 11 is 1.33. The van der Waals surface area contributed by atoms with E-state index in [1.807, 2.05) is 6.92 Å². The SMILES string of the molecule is Cc1ncc(C(=O)NC2CNCCC2c2ccc(F)c(F)c2)s1.Cl. The summed E-state index contributed by atoms with van der Waals surface area (Å²) in [6.45, 7) is 3.20. The van der Waals surface area contributed by atoms with Gasteiger partial charge in [0.15, 0.2) is 11.6 Å². The lowest BCUT2D eigenvalue weighted by molar-refractivity contribution is 0.0928. The fourth-order valence-corrected chi connectivity index (χ4v) is 3.54. The van der Waals surface area contributed by atoms with Crippen molar-refractivity contribution in [1.29, 1.82) is 0 Å². The van der Waals surface area contributed by atoms with Gasteiger partial charge in [0.25, 0.3) is 5.91 Å². The molecule has 4 nitrogen and oxygen atoms in total. The molecule has 0 saturated carbocycles. The van der Waals surface area contributed by atoms with Crippen LogP contribution in [-0.2, 0) is 0 Å². The molecule has 1 amide bonds. The van der Waals surface area contributed by atoms with E-state index in [4.69, 9.17) is 0 Å². The number of hydrogen-bond acceptors (Lipinski definition) is 4. The lowest BCUT2D eigenvalue weighted by Gasteiger charge is -2.33. The maximum atomic E-state index is 13.5. The van der Waals surface area contributed by atoms with Gasteiger partial charge in [0, 0.05) is 18.5 Å². The lowest BCUT2D eigenvalue weighted by atomic mass is 9.86. The average molecular weight is 374 g/mol. The van der Waals surface area contributed by atoms with Crippen LogP contribution >= 0.6 is 23.7 Å². The summed E-state index contributed by atoms with van der Waals surface area (Å²) in [7, 11) is 0. The summed E-state index contributed by atoms with van der Waals surface area (Å²) in [5, 5.41) is 7.04. The van der Waals surface area contributed by atoms with Gasteiger partial charge in [-0.1, -0.05) is 6.07 Å². The second-order valence-corrected chi connectivity index (χ2v) is 6.83. The summed E-state index contributed by atoms with van der Waals surface area (Å²) in [6.07, 6.45) is 2.30. The molecule has 2 N–H and O–H groups in total. The predicted octanol–water partition coefficient (Wildman–Crippen LogP) is 3.03. The number of halogens is 3. The Morgan fingerprint density at radius 1 is 1.38 bits per heavy atom. The predicted molar refractivity (Wildman–Crippen MR) is 91.9 cm³/mol. The molecule has 0 radical (unpaired) electrons. The molecule has 1 aromatic carbocycles. The van der Waals surface area contributed by atoms with Gasteiger partial charge < -0.3 is 10.6 Å². The van der Waals surface area contributed by atoms with Crippen LogP contribution in [0.3, 0.4) is 0 Å². The topological polar surface area (TPSA) is 54.0 Å². The first kappa shape index (κ1) is 18.8. The first-order valence-electron chi connectivity index (χ1n) is 7.43. The molecule has 1 saturated heterocycles. The Labute approximate surface area is 149 Å². The Balaban J connectivity index is 0.00000208. The zero-order valence-electron chi connectivity index (χ0n) is 13.0. The number of carbonyl (C=O) groups is 1. The van der Waals surface area contributed by atoms with Gasteiger partial charge >= 0.3 is 0 Å². The fraction of sp³-hybridized carbons (Fsp3) is 0.375. The normalized spacial score (nSPS) is 20.3. The number of thiazole rings is 1. The zero-order chi connectivity index (χ0) is 16.4. The Morgan fingerprint density at radius 2 is 2.17 bits per heavy atom. The van der Waals surface area contributed by atoms with Gasteiger partial charge in [0.1, 0.15) is 4.88 Å². The first-order chi connectivity index (χ1) is 11.0. The lowest BCUT2D eigenvalue weighted by Crippen LogP contribution is -2.49. The van der Waals surface area contributed by atoms with Crippen molar-refractivity contribution in [3.63, 3.8) is 0 Å². The number of nitrogens with one attached hydrogen (secondary N) is 2. The van der Waals surface area contributed by atoms with Crippen molar-refractivity contribution < 1.29 is 13.6 Å². The highest BCUT2D eigenvalue weighted by molar-refractivity contribution is 7.13. The molecule has 1 aliphatic rings. The monoisotopic (exact) mass is 373 g/mol. The van der Waals surface area contributed by atoms with Crippen molar-refractivity contribution in [2.45, 2.75) is 25.3 Å². The maximum Gasteiger partial charge on any atom is 0.263 e. The van der Waals surface area contributed by atoms with Crippen LogP contribution < -0.4 is 10.6 Å². The van der Waals surface area contributed by atoms with Crippen molar-refractivity contribution in [3.8, 4) is 0 Å². The van der Waals surface area contributed by atoms with Gasteiger partial charge in [-0.05, 0) is 37.6 Å². The molecule has 8 heteroatoms. The molecule has 1 fully saturated rings. The summed E-state index contributed by atoms with van der Waals surface area (Å²) in [6, 6.07) is 3.77. The smallest absolute Gasteiger partial charge is 0.263 e. The molecule has 0 spiro atoms. The number of nitrogens with zero attached hydrogens (tertiary/aromatic N) is 1. The highest BCUT2D eigenvalue weighted by Gasteiger charge is 2.29. The molecule has 3 rings (SSSR count). The largest absolute Gasteiger partial charge is 0.347 e. The minimum atomic E-state index is -0.858. The van der Waals surface area contributed by atoms with Gasteiger partial charge in [-0.15, -0.1) is 23.7 Å². The Hall–Kier alpha value is -1.57. The number of aromatic nitrogens is 1. The maximum absolute atomic E-state index is 13.5. The molecule has 0 bridgehead atoms. The van der Waals surface area contributed by atoms with E-state index in [1.54, 1.807) is 12.3 Å². The van der Waals surface area contributed by atoms with Gasteiger partial charge in [-0.2, -0.15) is 0 Å². The molecule has 2 heterocycles. The van der Waals surface area contributed by atoms with Gasteiger partial charge in [-0.3, -0.25) is 4.79 Å². The minimum absolute atomic E-state index is 0. The second kappa shape index (κ2) is 8.00. The molecule has 2 aromatic rings. The number of hydrogen-bond donors (Lipinski definition) is 2. The van der Waals surface area contributed by atoms with E-state index in [9.17, 15) is 13.6 Å². The number of amides is 1. The Bertz CT molecular complexity index is 725. The Morgan fingerprint density at radius 3 is 2.83 bits per heavy atom. The number of carbonyl (C=O) groups excluding carboxylic acids is 1. The second-order valence-electron chi connectivity index (χ2n) is 5.60. The third-order valence-corrected chi connectivity index (χ3v) is 4.93. The zero-order valence-corrected chi connectivity index (χ0v) is 14.6. The number of rotatable bonds is 3. The third kappa shape index (κ3) is 4.09. The van der Waals surface area contributed by atoms with Crippen LogP contribution in [0.5, 0.6) is 0 Å². The van der Waals surface area contributed by atoms with E-state index in [0.717, 1.165) is 24.0 Å². The van der Waals surface area contributed by atoms with E-state index in [2.05, 4.69) is 15.6 Å². The first-order valence-corrected chi connectivity index (χ1v) is 8.25. The van der Waals surface area contributed by atoms with Crippen molar-refractivity contribution in [2.75, 3.05) is 13.1 Å². The summed E-state index contributed by atoms with van der Waals surface area (Å²) in [5.74, 6) is -1.95. The molecule has 1 aromatic heterocycles. The molecule has 2 unspecified atom stereocenters. The van der Waals surface area contributed by atoms with Crippen molar-refractivity contribution >= 4 is 29.7 Å². The summed E-state index contributed by atoms with van der Waals surface area (Å²) < 4.78 is 26.6. The standard InChI is InChI=1S/C16H17F2N3OS.ClH/c1-9-20-8-15(23-9)16(22)21-14-7-19-5-4-11(14)10-2-3-12(17)13(18)6-10;/h2-3,6,8,11,14,19H,4-5,7H2,1H3,(H,21,22);1H. The van der Waals surface area contributed by atoms with Crippen molar-refractivity contribution in [1.82, 2.24) is 15.6 Å². The summed E-state index contributed by atoms with van der Waals surface area (Å²) in [4.78, 5) is 17.0. The molecule has 24 heavy (non-hydrogen) atoms.